The molecule has 0 saturated carbocycles. The van der Waals surface area contributed by atoms with Crippen molar-refractivity contribution >= 4 is 23.8 Å². The molecule has 0 bridgehead atoms. The monoisotopic (exact) mass is 509 g/mol. The molecule has 2 amide bonds. The summed E-state index contributed by atoms with van der Waals surface area (Å²) in [6, 6.07) is 12.5. The molecule has 0 radical (unpaired) electrons. The molecule has 0 spiro atoms. The standard InChI is InChI=1S/C28H35N3O6/c1-27(2,3)36-23(32)16-31-14-13-20-15-21(11-12-22(20)25(31)33)35-17-18-7-9-19(10-8-18)24(29)30-26(34)37-28(4,5)6/h7-12,15H,13-14,16-17H2,1-6H3,(H2,29,30,34). The normalized spacial score (nSPS) is 14.2. The first-order valence-corrected chi connectivity index (χ1v) is 12.1. The third-order valence-electron chi connectivity index (χ3n) is 5.25. The first-order valence-electron chi connectivity index (χ1n) is 12.1. The number of hydrogen-bond donors (Lipinski definition) is 1. The van der Waals surface area contributed by atoms with E-state index in [9.17, 15) is 14.4 Å². The molecule has 198 valence electrons. The summed E-state index contributed by atoms with van der Waals surface area (Å²) in [4.78, 5) is 42.1. The predicted molar refractivity (Wildman–Crippen MR) is 140 cm³/mol. The van der Waals surface area contributed by atoms with Crippen LogP contribution in [0.5, 0.6) is 5.75 Å². The van der Waals surface area contributed by atoms with Crippen LogP contribution in [0.3, 0.4) is 0 Å². The Bertz CT molecular complexity index is 1190. The number of amides is 2. The maximum absolute atomic E-state index is 12.9. The number of aliphatic imine (C=N–C) groups is 1. The fourth-order valence-corrected chi connectivity index (χ4v) is 3.67. The Morgan fingerprint density at radius 3 is 2.24 bits per heavy atom. The van der Waals surface area contributed by atoms with Crippen molar-refractivity contribution in [2.45, 2.75) is 65.8 Å². The summed E-state index contributed by atoms with van der Waals surface area (Å²) in [6.07, 6.45) is -0.122. The molecule has 2 aromatic carbocycles. The molecule has 0 atom stereocenters. The van der Waals surface area contributed by atoms with Crippen molar-refractivity contribution in [3.63, 3.8) is 0 Å². The Hall–Kier alpha value is -3.88. The van der Waals surface area contributed by atoms with E-state index >= 15 is 0 Å². The van der Waals surface area contributed by atoms with E-state index < -0.39 is 23.3 Å². The van der Waals surface area contributed by atoms with Gasteiger partial charge < -0.3 is 24.8 Å². The predicted octanol–water partition coefficient (Wildman–Crippen LogP) is 4.25. The Morgan fingerprint density at radius 2 is 1.62 bits per heavy atom. The molecular weight excluding hydrogens is 474 g/mol. The van der Waals surface area contributed by atoms with Gasteiger partial charge in [0.25, 0.3) is 5.91 Å². The third-order valence-corrected chi connectivity index (χ3v) is 5.25. The second-order valence-electron chi connectivity index (χ2n) is 10.8. The lowest BCUT2D eigenvalue weighted by Crippen LogP contribution is -2.42. The molecule has 0 aromatic heterocycles. The fraction of sp³-hybridized carbons (Fsp3) is 0.429. The summed E-state index contributed by atoms with van der Waals surface area (Å²) in [7, 11) is 0. The summed E-state index contributed by atoms with van der Waals surface area (Å²) in [5, 5.41) is 0. The second kappa shape index (κ2) is 11.0. The lowest BCUT2D eigenvalue weighted by molar-refractivity contribution is -0.155. The molecule has 1 aliphatic rings. The average Bonchev–Trinajstić information content (AvgIpc) is 2.77. The molecule has 0 saturated heterocycles. The SMILES string of the molecule is CC(C)(C)OC(=O)CN1CCc2cc(OCc3ccc(/C(N)=N/C(=O)OC(C)(C)C)cc3)ccc2C1=O. The number of hydrogen-bond acceptors (Lipinski definition) is 6. The quantitative estimate of drug-likeness (QED) is 0.351. The molecule has 2 N–H and O–H groups in total. The number of nitrogens with zero attached hydrogens (tertiary/aromatic N) is 2. The smallest absolute Gasteiger partial charge is 0.436 e. The van der Waals surface area contributed by atoms with Gasteiger partial charge >= 0.3 is 12.1 Å². The summed E-state index contributed by atoms with van der Waals surface area (Å²) in [6.45, 7) is 11.3. The molecule has 0 unspecified atom stereocenters. The summed E-state index contributed by atoms with van der Waals surface area (Å²) in [5.74, 6) is 0.0945. The molecule has 1 heterocycles. The van der Waals surface area contributed by atoms with Gasteiger partial charge in [-0.05, 0) is 77.3 Å². The van der Waals surface area contributed by atoms with Crippen LogP contribution in [0.15, 0.2) is 47.5 Å². The van der Waals surface area contributed by atoms with Crippen molar-refractivity contribution in [3.05, 3.63) is 64.7 Å². The number of rotatable bonds is 6. The zero-order valence-corrected chi connectivity index (χ0v) is 22.3. The van der Waals surface area contributed by atoms with Gasteiger partial charge in [0.15, 0.2) is 0 Å². The largest absolute Gasteiger partial charge is 0.489 e. The van der Waals surface area contributed by atoms with E-state index in [1.807, 2.05) is 18.2 Å². The van der Waals surface area contributed by atoms with Crippen LogP contribution in [-0.2, 0) is 27.3 Å². The molecular formula is C28H35N3O6. The van der Waals surface area contributed by atoms with Crippen LogP contribution in [-0.4, -0.2) is 53.0 Å². The van der Waals surface area contributed by atoms with Gasteiger partial charge in [0.05, 0.1) is 0 Å². The van der Waals surface area contributed by atoms with E-state index in [-0.39, 0.29) is 18.3 Å². The van der Waals surface area contributed by atoms with Crippen molar-refractivity contribution in [1.29, 1.82) is 0 Å². The highest BCUT2D eigenvalue weighted by Crippen LogP contribution is 2.25. The fourth-order valence-electron chi connectivity index (χ4n) is 3.67. The van der Waals surface area contributed by atoms with Crippen LogP contribution in [0.25, 0.3) is 0 Å². The van der Waals surface area contributed by atoms with Gasteiger partial charge in [-0.1, -0.05) is 24.3 Å². The molecule has 0 fully saturated rings. The number of amidine groups is 1. The molecule has 3 rings (SSSR count). The molecule has 37 heavy (non-hydrogen) atoms. The number of ether oxygens (including phenoxy) is 3. The van der Waals surface area contributed by atoms with Gasteiger partial charge in [-0.25, -0.2) is 4.79 Å². The number of fused-ring (bicyclic) bond motifs is 1. The Labute approximate surface area is 217 Å². The minimum absolute atomic E-state index is 0.0711. The third kappa shape index (κ3) is 8.34. The topological polar surface area (TPSA) is 121 Å². The first kappa shape index (κ1) is 27.7. The highest BCUT2D eigenvalue weighted by atomic mass is 16.6. The van der Waals surface area contributed by atoms with Crippen molar-refractivity contribution < 1.29 is 28.6 Å². The van der Waals surface area contributed by atoms with Crippen LogP contribution in [0.4, 0.5) is 4.79 Å². The Morgan fingerprint density at radius 1 is 0.973 bits per heavy atom. The van der Waals surface area contributed by atoms with Crippen molar-refractivity contribution in [1.82, 2.24) is 4.90 Å². The lowest BCUT2D eigenvalue weighted by atomic mass is 9.98. The molecule has 2 aromatic rings. The van der Waals surface area contributed by atoms with Crippen molar-refractivity contribution in [2.24, 2.45) is 10.7 Å². The highest BCUT2D eigenvalue weighted by Gasteiger charge is 2.28. The molecule has 9 nitrogen and oxygen atoms in total. The first-order chi connectivity index (χ1) is 17.2. The number of esters is 1. The van der Waals surface area contributed by atoms with E-state index in [2.05, 4.69) is 4.99 Å². The van der Waals surface area contributed by atoms with Crippen LogP contribution in [0.1, 0.15) is 68.6 Å². The maximum atomic E-state index is 12.9. The highest BCUT2D eigenvalue weighted by molar-refractivity contribution is 6.02. The molecule has 9 heteroatoms. The number of nitrogens with two attached hydrogens (primary N) is 1. The van der Waals surface area contributed by atoms with Gasteiger partial charge in [-0.2, -0.15) is 4.99 Å². The van der Waals surface area contributed by atoms with Gasteiger partial charge in [-0.15, -0.1) is 0 Å². The number of benzene rings is 2. The van der Waals surface area contributed by atoms with Gasteiger partial charge in [-0.3, -0.25) is 9.59 Å². The maximum Gasteiger partial charge on any atom is 0.436 e. The average molecular weight is 510 g/mol. The van der Waals surface area contributed by atoms with Crippen LogP contribution in [0, 0.1) is 0 Å². The van der Waals surface area contributed by atoms with E-state index in [1.54, 1.807) is 65.8 Å². The van der Waals surface area contributed by atoms with E-state index in [0.717, 1.165) is 11.1 Å². The van der Waals surface area contributed by atoms with Gasteiger partial charge in [0, 0.05) is 17.7 Å². The number of carbonyl (C=O) groups is 3. The van der Waals surface area contributed by atoms with Gasteiger partial charge in [0.1, 0.15) is 35.9 Å². The minimum Gasteiger partial charge on any atom is -0.489 e. The van der Waals surface area contributed by atoms with Crippen molar-refractivity contribution in [3.8, 4) is 5.75 Å². The Kier molecular flexibility index (Phi) is 8.25. The summed E-state index contributed by atoms with van der Waals surface area (Å²) < 4.78 is 16.4. The second-order valence-corrected chi connectivity index (χ2v) is 10.8. The van der Waals surface area contributed by atoms with E-state index in [0.29, 0.717) is 36.4 Å². The van der Waals surface area contributed by atoms with Crippen LogP contribution in [0.2, 0.25) is 0 Å². The van der Waals surface area contributed by atoms with Crippen molar-refractivity contribution in [2.75, 3.05) is 13.1 Å². The van der Waals surface area contributed by atoms with E-state index in [1.165, 1.54) is 4.90 Å². The zero-order valence-electron chi connectivity index (χ0n) is 22.3. The van der Waals surface area contributed by atoms with Crippen LogP contribution < -0.4 is 10.5 Å². The van der Waals surface area contributed by atoms with E-state index in [4.69, 9.17) is 19.9 Å². The summed E-state index contributed by atoms with van der Waals surface area (Å²) in [5.41, 5.74) is 7.62. The molecule has 1 aliphatic heterocycles. The summed E-state index contributed by atoms with van der Waals surface area (Å²) >= 11 is 0. The minimum atomic E-state index is -0.740. The Balaban J connectivity index is 1.58. The zero-order chi connectivity index (χ0) is 27.4. The molecule has 0 aliphatic carbocycles. The van der Waals surface area contributed by atoms with Crippen LogP contribution >= 0.6 is 0 Å². The lowest BCUT2D eigenvalue weighted by Gasteiger charge is -2.29. The number of carbonyl (C=O) groups excluding carboxylic acids is 3. The van der Waals surface area contributed by atoms with Gasteiger partial charge in [0.2, 0.25) is 0 Å².